The fourth-order valence-electron chi connectivity index (χ4n) is 2.32. The first-order valence-electron chi connectivity index (χ1n) is 6.70. The zero-order valence-corrected chi connectivity index (χ0v) is 14.9. The maximum absolute atomic E-state index is 11.9. The van der Waals surface area contributed by atoms with Gasteiger partial charge in [0.2, 0.25) is 5.28 Å². The third kappa shape index (κ3) is 3.23. The van der Waals surface area contributed by atoms with Crippen molar-refractivity contribution < 1.29 is 0 Å². The van der Waals surface area contributed by atoms with Gasteiger partial charge >= 0.3 is 0 Å². The summed E-state index contributed by atoms with van der Waals surface area (Å²) in [6.45, 7) is 6.36. The Morgan fingerprint density at radius 1 is 1.36 bits per heavy atom. The minimum absolute atomic E-state index is 0.117. The van der Waals surface area contributed by atoms with Crippen molar-refractivity contribution in [2.45, 2.75) is 32.7 Å². The highest BCUT2D eigenvalue weighted by atomic mass is 79.9. The van der Waals surface area contributed by atoms with Gasteiger partial charge in [0.1, 0.15) is 4.47 Å². The fourth-order valence-corrected chi connectivity index (χ4v) is 3.44. The fraction of sp³-hybridized carbons (Fsp3) is 0.312. The molecule has 0 saturated carbocycles. The highest BCUT2D eigenvalue weighted by molar-refractivity contribution is 9.10. The van der Waals surface area contributed by atoms with E-state index in [1.165, 1.54) is 0 Å². The van der Waals surface area contributed by atoms with Crippen LogP contribution in [0.15, 0.2) is 33.5 Å². The molecule has 0 saturated heterocycles. The molecule has 0 atom stereocenters. The number of hydrogen-bond acceptors (Lipinski definition) is 3. The molecule has 6 heteroatoms. The molecular formula is C16H15BrClN3O. The zero-order valence-electron chi connectivity index (χ0n) is 12.5. The van der Waals surface area contributed by atoms with Crippen LogP contribution in [0.5, 0.6) is 0 Å². The predicted octanol–water partition coefficient (Wildman–Crippen LogP) is 3.88. The van der Waals surface area contributed by atoms with E-state index < -0.39 is 0 Å². The average Bonchev–Trinajstić information content (AvgIpc) is 2.44. The van der Waals surface area contributed by atoms with Crippen molar-refractivity contribution in [2.75, 3.05) is 0 Å². The minimum atomic E-state index is -0.389. The molecule has 2 rings (SSSR count). The van der Waals surface area contributed by atoms with Crippen molar-refractivity contribution in [2.24, 2.45) is 0 Å². The Bertz CT molecular complexity index is 816. The highest BCUT2D eigenvalue weighted by Crippen LogP contribution is 2.30. The summed E-state index contributed by atoms with van der Waals surface area (Å²) in [6.07, 6.45) is 0. The number of nitriles is 1. The van der Waals surface area contributed by atoms with Crippen LogP contribution < -0.4 is 5.56 Å². The van der Waals surface area contributed by atoms with Crippen LogP contribution in [0.3, 0.4) is 0 Å². The molecule has 114 valence electrons. The van der Waals surface area contributed by atoms with Crippen molar-refractivity contribution in [3.63, 3.8) is 0 Å². The van der Waals surface area contributed by atoms with Crippen LogP contribution in [0.25, 0.3) is 0 Å². The van der Waals surface area contributed by atoms with E-state index in [2.05, 4.69) is 27.0 Å². The summed E-state index contributed by atoms with van der Waals surface area (Å²) in [4.78, 5) is 15.8. The first kappa shape index (κ1) is 16.7. The quantitative estimate of drug-likeness (QED) is 0.743. The molecule has 0 N–H and O–H groups in total. The van der Waals surface area contributed by atoms with Crippen molar-refractivity contribution >= 4 is 27.5 Å². The van der Waals surface area contributed by atoms with Gasteiger partial charge in [0, 0.05) is 11.1 Å². The zero-order chi connectivity index (χ0) is 16.5. The largest absolute Gasteiger partial charge is 0.314 e. The van der Waals surface area contributed by atoms with Gasteiger partial charge in [-0.3, -0.25) is 4.79 Å². The lowest BCUT2D eigenvalue weighted by atomic mass is 9.91. The SMILES string of the molecule is CC(C)(C)c1c(Br)c(=O)nc(Cl)n1Cc1ccccc1C#N. The number of halogens is 2. The Labute approximate surface area is 142 Å². The molecule has 1 heterocycles. The monoisotopic (exact) mass is 379 g/mol. The lowest BCUT2D eigenvalue weighted by Crippen LogP contribution is -2.28. The van der Waals surface area contributed by atoms with Crippen molar-refractivity contribution in [1.82, 2.24) is 9.55 Å². The van der Waals surface area contributed by atoms with Crippen LogP contribution >= 0.6 is 27.5 Å². The summed E-state index contributed by atoms with van der Waals surface area (Å²) < 4.78 is 2.17. The summed E-state index contributed by atoms with van der Waals surface area (Å²) in [5, 5.41) is 9.34. The molecular weight excluding hydrogens is 366 g/mol. The van der Waals surface area contributed by atoms with Crippen molar-refractivity contribution in [3.05, 3.63) is 61.2 Å². The number of benzene rings is 1. The molecule has 4 nitrogen and oxygen atoms in total. The highest BCUT2D eigenvalue weighted by Gasteiger charge is 2.25. The Morgan fingerprint density at radius 2 is 2.00 bits per heavy atom. The third-order valence-electron chi connectivity index (χ3n) is 3.26. The lowest BCUT2D eigenvalue weighted by Gasteiger charge is -2.26. The molecule has 0 aliphatic heterocycles. The maximum atomic E-state index is 11.9. The number of rotatable bonds is 2. The molecule has 0 aliphatic carbocycles. The van der Waals surface area contributed by atoms with Gasteiger partial charge in [-0.1, -0.05) is 39.0 Å². The summed E-state index contributed by atoms with van der Waals surface area (Å²) in [5.41, 5.74) is 1.46. The molecule has 22 heavy (non-hydrogen) atoms. The predicted molar refractivity (Wildman–Crippen MR) is 90.2 cm³/mol. The van der Waals surface area contributed by atoms with E-state index in [4.69, 9.17) is 11.6 Å². The molecule has 0 radical (unpaired) electrons. The van der Waals surface area contributed by atoms with Crippen molar-refractivity contribution in [3.8, 4) is 6.07 Å². The summed E-state index contributed by atoms with van der Waals surface area (Å²) >= 11 is 9.54. The molecule has 0 bridgehead atoms. The van der Waals surface area contributed by atoms with E-state index in [1.54, 1.807) is 10.6 Å². The minimum Gasteiger partial charge on any atom is -0.314 e. The Kier molecular flexibility index (Phi) is 4.74. The second-order valence-corrected chi connectivity index (χ2v) is 7.08. The van der Waals surface area contributed by atoms with E-state index in [1.807, 2.05) is 39.0 Å². The van der Waals surface area contributed by atoms with Gasteiger partial charge in [-0.05, 0) is 39.2 Å². The van der Waals surface area contributed by atoms with E-state index in [0.717, 1.165) is 11.3 Å². The number of aromatic nitrogens is 2. The molecule has 0 aliphatic rings. The standard InChI is InChI=1S/C16H15BrClN3O/c1-16(2,3)13-12(17)14(22)20-15(18)21(13)9-11-7-5-4-6-10(11)8-19/h4-7H,9H2,1-3H3. The first-order valence-corrected chi connectivity index (χ1v) is 7.87. The second-order valence-electron chi connectivity index (χ2n) is 5.95. The van der Waals surface area contributed by atoms with Gasteiger partial charge < -0.3 is 4.57 Å². The average molecular weight is 381 g/mol. The number of nitrogens with zero attached hydrogens (tertiary/aromatic N) is 3. The molecule has 0 amide bonds. The van der Waals surface area contributed by atoms with Crippen LogP contribution in [-0.4, -0.2) is 9.55 Å². The molecule has 0 fully saturated rings. The van der Waals surface area contributed by atoms with Gasteiger partial charge in [-0.15, -0.1) is 0 Å². The van der Waals surface area contributed by atoms with E-state index in [-0.39, 0.29) is 16.3 Å². The normalized spacial score (nSPS) is 11.3. The summed E-state index contributed by atoms with van der Waals surface area (Å²) in [6, 6.07) is 9.47. The van der Waals surface area contributed by atoms with Crippen LogP contribution in [0, 0.1) is 11.3 Å². The maximum Gasteiger partial charge on any atom is 0.288 e. The van der Waals surface area contributed by atoms with E-state index >= 15 is 0 Å². The van der Waals surface area contributed by atoms with E-state index in [9.17, 15) is 10.1 Å². The molecule has 2 aromatic rings. The number of hydrogen-bond donors (Lipinski definition) is 0. The third-order valence-corrected chi connectivity index (χ3v) is 4.26. The Morgan fingerprint density at radius 3 is 2.59 bits per heavy atom. The lowest BCUT2D eigenvalue weighted by molar-refractivity contribution is 0.513. The molecule has 0 unspecified atom stereocenters. The van der Waals surface area contributed by atoms with Crippen LogP contribution in [0.4, 0.5) is 0 Å². The Balaban J connectivity index is 2.69. The molecule has 0 spiro atoms. The van der Waals surface area contributed by atoms with Gasteiger partial charge in [0.25, 0.3) is 5.56 Å². The molecule has 1 aromatic carbocycles. The Hall–Kier alpha value is -1.64. The van der Waals surface area contributed by atoms with Crippen LogP contribution in [0.1, 0.15) is 37.6 Å². The van der Waals surface area contributed by atoms with Gasteiger partial charge in [0.05, 0.1) is 18.2 Å². The summed E-state index contributed by atoms with van der Waals surface area (Å²) in [7, 11) is 0. The topological polar surface area (TPSA) is 58.7 Å². The smallest absolute Gasteiger partial charge is 0.288 e. The van der Waals surface area contributed by atoms with Crippen LogP contribution in [0.2, 0.25) is 5.28 Å². The van der Waals surface area contributed by atoms with Gasteiger partial charge in [-0.25, -0.2) is 0 Å². The summed E-state index contributed by atoms with van der Waals surface area (Å²) in [5.74, 6) is 0. The van der Waals surface area contributed by atoms with Crippen molar-refractivity contribution in [1.29, 1.82) is 5.26 Å². The van der Waals surface area contributed by atoms with E-state index in [0.29, 0.717) is 16.6 Å². The molecule has 1 aromatic heterocycles. The van der Waals surface area contributed by atoms with Gasteiger partial charge in [0.15, 0.2) is 0 Å². The van der Waals surface area contributed by atoms with Crippen LogP contribution in [-0.2, 0) is 12.0 Å². The second kappa shape index (κ2) is 6.23. The first-order chi connectivity index (χ1) is 10.3. The van der Waals surface area contributed by atoms with Gasteiger partial charge in [-0.2, -0.15) is 10.2 Å².